The third-order valence-electron chi connectivity index (χ3n) is 5.39. The molecule has 0 saturated carbocycles. The Hall–Kier alpha value is -2.08. The molecule has 29 heavy (non-hydrogen) atoms. The minimum absolute atomic E-state index is 0.162. The summed E-state index contributed by atoms with van der Waals surface area (Å²) >= 11 is 0. The molecule has 1 aliphatic rings. The van der Waals surface area contributed by atoms with Crippen LogP contribution in [0.5, 0.6) is 0 Å². The number of allylic oxidation sites excluding steroid dienone is 1. The molecule has 1 fully saturated rings. The molecule has 0 aliphatic carbocycles. The first-order chi connectivity index (χ1) is 13.5. The quantitative estimate of drug-likeness (QED) is 0.509. The molecule has 0 radical (unpaired) electrons. The molecule has 2 rings (SSSR count). The van der Waals surface area contributed by atoms with Gasteiger partial charge in [-0.15, -0.1) is 6.58 Å². The Labute approximate surface area is 175 Å². The molecule has 1 aliphatic heterocycles. The Balaban J connectivity index is 1.94. The van der Waals surface area contributed by atoms with E-state index in [2.05, 4.69) is 16.0 Å². The van der Waals surface area contributed by atoms with Gasteiger partial charge in [-0.05, 0) is 66.0 Å². The topological polar surface area (TPSA) is 54.8 Å². The fourth-order valence-electron chi connectivity index (χ4n) is 4.03. The lowest BCUT2D eigenvalue weighted by molar-refractivity contribution is 0.0242. The number of carbonyl (C=O) groups excluding carboxylic acids is 2. The summed E-state index contributed by atoms with van der Waals surface area (Å²) in [4.78, 5) is 29.0. The van der Waals surface area contributed by atoms with Crippen LogP contribution in [0.4, 0.5) is 4.79 Å². The maximum atomic E-state index is 12.9. The molecular formula is C23H37N3O3. The third kappa shape index (κ3) is 6.46. The van der Waals surface area contributed by atoms with E-state index >= 15 is 0 Å². The molecule has 0 aromatic carbocycles. The van der Waals surface area contributed by atoms with Crippen LogP contribution in [0.2, 0.25) is 0 Å². The highest BCUT2D eigenvalue weighted by molar-refractivity contribution is 5.99. The number of hydrogen-bond donors (Lipinski definition) is 0. The van der Waals surface area contributed by atoms with Gasteiger partial charge in [0.15, 0.2) is 5.78 Å². The Bertz CT molecular complexity index is 745. The zero-order valence-corrected chi connectivity index (χ0v) is 19.0. The van der Waals surface area contributed by atoms with Crippen LogP contribution in [0.3, 0.4) is 0 Å². The van der Waals surface area contributed by atoms with E-state index in [0.717, 1.165) is 42.9 Å². The molecule has 0 spiro atoms. The van der Waals surface area contributed by atoms with E-state index in [1.165, 1.54) is 0 Å². The number of ether oxygens (including phenoxy) is 1. The van der Waals surface area contributed by atoms with Crippen LogP contribution in [0.15, 0.2) is 18.7 Å². The number of likely N-dealkylation sites (tertiary alicyclic amines) is 1. The number of ketones is 1. The number of Topliss-reactive ketones (excluding diaryl/α,β-unsaturated/α-hetero) is 1. The van der Waals surface area contributed by atoms with Gasteiger partial charge in [0.05, 0.1) is 6.54 Å². The smallest absolute Gasteiger partial charge is 0.410 e. The van der Waals surface area contributed by atoms with Crippen molar-refractivity contribution in [3.63, 3.8) is 0 Å². The van der Waals surface area contributed by atoms with Crippen LogP contribution >= 0.6 is 0 Å². The second-order valence-electron chi connectivity index (χ2n) is 9.21. The zero-order valence-electron chi connectivity index (χ0n) is 19.0. The van der Waals surface area contributed by atoms with E-state index in [0.29, 0.717) is 25.6 Å². The monoisotopic (exact) mass is 403 g/mol. The molecule has 1 atom stereocenters. The molecule has 6 heteroatoms. The van der Waals surface area contributed by atoms with Gasteiger partial charge in [-0.2, -0.15) is 0 Å². The van der Waals surface area contributed by atoms with Crippen molar-refractivity contribution in [2.24, 2.45) is 5.92 Å². The summed E-state index contributed by atoms with van der Waals surface area (Å²) in [7, 11) is 1.78. The van der Waals surface area contributed by atoms with Gasteiger partial charge in [-0.1, -0.05) is 6.08 Å². The molecule has 1 unspecified atom stereocenters. The number of rotatable bonds is 7. The maximum absolute atomic E-state index is 12.9. The normalized spacial score (nSPS) is 17.8. The van der Waals surface area contributed by atoms with Gasteiger partial charge < -0.3 is 14.2 Å². The van der Waals surface area contributed by atoms with E-state index in [9.17, 15) is 9.59 Å². The predicted molar refractivity (Wildman–Crippen MR) is 116 cm³/mol. The molecule has 0 N–H and O–H groups in total. The number of hydrogen-bond acceptors (Lipinski definition) is 4. The van der Waals surface area contributed by atoms with Crippen molar-refractivity contribution in [3.8, 4) is 0 Å². The number of amides is 1. The van der Waals surface area contributed by atoms with Gasteiger partial charge in [0, 0.05) is 43.6 Å². The SMILES string of the molecule is C=CCn1c(C)cc(C(=O)CN2CCCC(CN(C)C(=O)OC(C)(C)C)C2)c1C. The molecule has 1 aromatic rings. The summed E-state index contributed by atoms with van der Waals surface area (Å²) < 4.78 is 7.57. The van der Waals surface area contributed by atoms with Crippen molar-refractivity contribution in [1.29, 1.82) is 0 Å². The second kappa shape index (κ2) is 9.61. The number of aryl methyl sites for hydroxylation is 1. The van der Waals surface area contributed by atoms with E-state index in [1.807, 2.05) is 46.8 Å². The van der Waals surface area contributed by atoms with E-state index < -0.39 is 5.60 Å². The van der Waals surface area contributed by atoms with Gasteiger partial charge in [0.2, 0.25) is 0 Å². The lowest BCUT2D eigenvalue weighted by atomic mass is 9.97. The Morgan fingerprint density at radius 3 is 2.66 bits per heavy atom. The summed E-state index contributed by atoms with van der Waals surface area (Å²) in [5.74, 6) is 0.511. The molecule has 2 heterocycles. The molecule has 1 saturated heterocycles. The van der Waals surface area contributed by atoms with Crippen molar-refractivity contribution < 1.29 is 14.3 Å². The first-order valence-electron chi connectivity index (χ1n) is 10.5. The first kappa shape index (κ1) is 23.2. The van der Waals surface area contributed by atoms with Crippen molar-refractivity contribution in [2.75, 3.05) is 33.2 Å². The largest absolute Gasteiger partial charge is 0.444 e. The Morgan fingerprint density at radius 1 is 1.34 bits per heavy atom. The highest BCUT2D eigenvalue weighted by Gasteiger charge is 2.27. The average Bonchev–Trinajstić information content (AvgIpc) is 2.89. The Morgan fingerprint density at radius 2 is 2.03 bits per heavy atom. The highest BCUT2D eigenvalue weighted by atomic mass is 16.6. The fourth-order valence-corrected chi connectivity index (χ4v) is 4.03. The standard InChI is InChI=1S/C23H37N3O3/c1-8-11-26-17(2)13-20(18(26)3)21(27)16-25-12-9-10-19(15-25)14-24(7)22(28)29-23(4,5)6/h8,13,19H,1,9-12,14-16H2,2-7H3. The predicted octanol–water partition coefficient (Wildman–Crippen LogP) is 4.05. The number of piperidine rings is 1. The van der Waals surface area contributed by atoms with Gasteiger partial charge in [-0.3, -0.25) is 9.69 Å². The van der Waals surface area contributed by atoms with Crippen molar-refractivity contribution in [3.05, 3.63) is 35.7 Å². The van der Waals surface area contributed by atoms with Gasteiger partial charge in [0.25, 0.3) is 0 Å². The number of aromatic nitrogens is 1. The van der Waals surface area contributed by atoms with Gasteiger partial charge >= 0.3 is 6.09 Å². The molecule has 1 aromatic heterocycles. The number of carbonyl (C=O) groups is 2. The lowest BCUT2D eigenvalue weighted by Crippen LogP contribution is -2.44. The van der Waals surface area contributed by atoms with Gasteiger partial charge in [0.1, 0.15) is 5.60 Å². The van der Waals surface area contributed by atoms with Crippen LogP contribution < -0.4 is 0 Å². The van der Waals surface area contributed by atoms with Crippen molar-refractivity contribution in [1.82, 2.24) is 14.4 Å². The third-order valence-corrected chi connectivity index (χ3v) is 5.39. The molecule has 0 bridgehead atoms. The van der Waals surface area contributed by atoms with Gasteiger partial charge in [-0.25, -0.2) is 4.79 Å². The molecule has 1 amide bonds. The van der Waals surface area contributed by atoms with E-state index in [-0.39, 0.29) is 11.9 Å². The van der Waals surface area contributed by atoms with Crippen LogP contribution in [-0.4, -0.2) is 65.1 Å². The minimum Gasteiger partial charge on any atom is -0.444 e. The summed E-state index contributed by atoms with van der Waals surface area (Å²) in [6, 6.07) is 1.98. The van der Waals surface area contributed by atoms with Crippen molar-refractivity contribution >= 4 is 11.9 Å². The van der Waals surface area contributed by atoms with E-state index in [4.69, 9.17) is 4.74 Å². The van der Waals surface area contributed by atoms with Crippen molar-refractivity contribution in [2.45, 2.75) is 59.6 Å². The van der Waals surface area contributed by atoms with Crippen LogP contribution in [0, 0.1) is 19.8 Å². The summed E-state index contributed by atoms with van der Waals surface area (Å²) in [5, 5.41) is 0. The summed E-state index contributed by atoms with van der Waals surface area (Å²) in [6.45, 7) is 17.0. The van der Waals surface area contributed by atoms with Crippen LogP contribution in [0.25, 0.3) is 0 Å². The lowest BCUT2D eigenvalue weighted by Gasteiger charge is -2.34. The fraction of sp³-hybridized carbons (Fsp3) is 0.652. The first-order valence-corrected chi connectivity index (χ1v) is 10.5. The zero-order chi connectivity index (χ0) is 21.8. The maximum Gasteiger partial charge on any atom is 0.410 e. The molecular weight excluding hydrogens is 366 g/mol. The summed E-state index contributed by atoms with van der Waals surface area (Å²) in [5.41, 5.74) is 2.40. The van der Waals surface area contributed by atoms with Crippen LogP contribution in [0.1, 0.15) is 55.4 Å². The minimum atomic E-state index is -0.492. The average molecular weight is 404 g/mol. The Kier molecular flexibility index (Phi) is 7.69. The van der Waals surface area contributed by atoms with E-state index in [1.54, 1.807) is 11.9 Å². The highest BCUT2D eigenvalue weighted by Crippen LogP contribution is 2.21. The molecule has 162 valence electrons. The van der Waals surface area contributed by atoms with Crippen LogP contribution in [-0.2, 0) is 11.3 Å². The second-order valence-corrected chi connectivity index (χ2v) is 9.21. The molecule has 6 nitrogen and oxygen atoms in total. The number of nitrogens with zero attached hydrogens (tertiary/aromatic N) is 3. The summed E-state index contributed by atoms with van der Waals surface area (Å²) in [6.07, 6.45) is 3.66.